The zero-order valence-corrected chi connectivity index (χ0v) is 26.6. The van der Waals surface area contributed by atoms with Crippen molar-refractivity contribution in [3.05, 3.63) is 58.9 Å². The molecule has 5 heterocycles. The number of anilines is 1. The molecule has 2 unspecified atom stereocenters. The number of piperazine rings is 1. The SMILES string of the molecule is C=CC(O)N1[C@H](C)CN(c2nc(=O)n3c4c(c(-c5ccc(F)c6cnn(C)c56)c(C(F)(F)F)cc24)SCC3CN2CCC2)C[C@@H]1C. The summed E-state index contributed by atoms with van der Waals surface area (Å²) in [6.45, 7) is 10.6. The van der Waals surface area contributed by atoms with Crippen molar-refractivity contribution in [2.24, 2.45) is 7.05 Å². The number of thioether (sulfide) groups is 1. The van der Waals surface area contributed by atoms with Crippen molar-refractivity contribution in [2.75, 3.05) is 43.4 Å². The molecule has 0 radical (unpaired) electrons. The Morgan fingerprint density at radius 3 is 2.50 bits per heavy atom. The fourth-order valence-corrected chi connectivity index (χ4v) is 8.75. The maximum atomic E-state index is 15.2. The fourth-order valence-electron chi connectivity index (χ4n) is 7.43. The van der Waals surface area contributed by atoms with Crippen molar-refractivity contribution in [3.8, 4) is 11.1 Å². The lowest BCUT2D eigenvalue weighted by Crippen LogP contribution is -2.60. The summed E-state index contributed by atoms with van der Waals surface area (Å²) >= 11 is 1.30. The first-order chi connectivity index (χ1) is 21.9. The number of likely N-dealkylation sites (tertiary alicyclic amines) is 1. The standard InChI is InChI=1S/C32H35F4N7O2S/c1-5-25(44)42-17(2)13-41(14-18(42)3)30-21-11-23(32(34,35)36)26(20-7-8-24(33)22-12-37-39(4)27(20)22)29-28(21)43(31(45)38-30)19(16-46-29)15-40-9-6-10-40/h5,7-8,11-12,17-19,25,44H,1,6,9-10,13-16H2,2-4H3/t17-,18+,19?,25?. The van der Waals surface area contributed by atoms with Gasteiger partial charge in [0.15, 0.2) is 0 Å². The van der Waals surface area contributed by atoms with E-state index in [0.717, 1.165) is 25.6 Å². The zero-order chi connectivity index (χ0) is 32.7. The number of alkyl halides is 3. The van der Waals surface area contributed by atoms with Crippen LogP contribution in [-0.4, -0.2) is 91.0 Å². The average molecular weight is 658 g/mol. The Morgan fingerprint density at radius 1 is 1.15 bits per heavy atom. The Labute approximate surface area is 267 Å². The van der Waals surface area contributed by atoms with Gasteiger partial charge in [-0.25, -0.2) is 9.18 Å². The van der Waals surface area contributed by atoms with Crippen LogP contribution in [0.3, 0.4) is 0 Å². The highest BCUT2D eigenvalue weighted by atomic mass is 32.2. The van der Waals surface area contributed by atoms with Gasteiger partial charge in [-0.2, -0.15) is 23.3 Å². The van der Waals surface area contributed by atoms with Gasteiger partial charge in [0.25, 0.3) is 0 Å². The number of aryl methyl sites for hydroxylation is 1. The van der Waals surface area contributed by atoms with Gasteiger partial charge in [0.1, 0.15) is 17.9 Å². The number of benzene rings is 2. The van der Waals surface area contributed by atoms with Crippen LogP contribution in [0.2, 0.25) is 0 Å². The van der Waals surface area contributed by atoms with Crippen LogP contribution in [-0.2, 0) is 13.2 Å². The Bertz CT molecular complexity index is 1910. The number of hydrogen-bond acceptors (Lipinski definition) is 8. The third-order valence-electron chi connectivity index (χ3n) is 9.57. The highest BCUT2D eigenvalue weighted by molar-refractivity contribution is 7.99. The van der Waals surface area contributed by atoms with E-state index in [1.54, 1.807) is 11.6 Å². The topological polar surface area (TPSA) is 82.7 Å². The summed E-state index contributed by atoms with van der Waals surface area (Å²) < 4.78 is 63.4. The van der Waals surface area contributed by atoms with Gasteiger partial charge in [-0.1, -0.05) is 6.58 Å². The fraction of sp³-hybridized carbons (Fsp3) is 0.469. The Hall–Kier alpha value is -3.46. The number of halogens is 4. The molecule has 46 heavy (non-hydrogen) atoms. The molecule has 0 aliphatic carbocycles. The molecule has 9 nitrogen and oxygen atoms in total. The summed E-state index contributed by atoms with van der Waals surface area (Å²) in [7, 11) is 1.57. The molecule has 7 rings (SSSR count). The van der Waals surface area contributed by atoms with Gasteiger partial charge in [-0.3, -0.25) is 14.1 Å². The van der Waals surface area contributed by atoms with Gasteiger partial charge >= 0.3 is 11.9 Å². The molecule has 0 bridgehead atoms. The van der Waals surface area contributed by atoms with Crippen LogP contribution in [0.25, 0.3) is 32.9 Å². The summed E-state index contributed by atoms with van der Waals surface area (Å²) in [4.78, 5) is 24.8. The van der Waals surface area contributed by atoms with Crippen LogP contribution in [0.1, 0.15) is 31.9 Å². The van der Waals surface area contributed by atoms with E-state index in [2.05, 4.69) is 21.6 Å². The normalized spacial score (nSPS) is 23.2. The van der Waals surface area contributed by atoms with Crippen molar-refractivity contribution in [1.29, 1.82) is 0 Å². The van der Waals surface area contributed by atoms with Gasteiger partial charge in [0.2, 0.25) is 0 Å². The van der Waals surface area contributed by atoms with Gasteiger partial charge in [-0.05, 0) is 57.6 Å². The predicted octanol–water partition coefficient (Wildman–Crippen LogP) is 4.86. The summed E-state index contributed by atoms with van der Waals surface area (Å²) in [5, 5.41) is 15.1. The molecule has 3 aliphatic heterocycles. The summed E-state index contributed by atoms with van der Waals surface area (Å²) in [5.74, 6) is -0.00381. The van der Waals surface area contributed by atoms with E-state index in [9.17, 15) is 14.3 Å². The molecule has 0 amide bonds. The van der Waals surface area contributed by atoms with E-state index in [-0.39, 0.29) is 51.4 Å². The van der Waals surface area contributed by atoms with Gasteiger partial charge < -0.3 is 14.9 Å². The van der Waals surface area contributed by atoms with Gasteiger partial charge in [0.05, 0.1) is 34.2 Å². The molecule has 244 valence electrons. The molecule has 1 N–H and O–H groups in total. The number of hydrogen-bond donors (Lipinski definition) is 1. The molecule has 2 fully saturated rings. The molecule has 2 aromatic heterocycles. The first kappa shape index (κ1) is 31.2. The maximum absolute atomic E-state index is 15.2. The van der Waals surface area contributed by atoms with E-state index in [1.807, 2.05) is 23.6 Å². The molecule has 2 saturated heterocycles. The highest BCUT2D eigenvalue weighted by Gasteiger charge is 2.41. The minimum absolute atomic E-state index is 0.0908. The third-order valence-corrected chi connectivity index (χ3v) is 10.8. The van der Waals surface area contributed by atoms with E-state index in [1.165, 1.54) is 40.8 Å². The van der Waals surface area contributed by atoms with Crippen LogP contribution < -0.4 is 10.6 Å². The molecule has 0 spiro atoms. The van der Waals surface area contributed by atoms with Crippen LogP contribution >= 0.6 is 11.8 Å². The number of fused-ring (bicyclic) bond motifs is 1. The highest BCUT2D eigenvalue weighted by Crippen LogP contribution is 2.51. The van der Waals surface area contributed by atoms with E-state index < -0.39 is 29.5 Å². The second-order valence-electron chi connectivity index (χ2n) is 12.6. The Morgan fingerprint density at radius 2 is 1.87 bits per heavy atom. The van der Waals surface area contributed by atoms with Crippen LogP contribution in [0, 0.1) is 5.82 Å². The van der Waals surface area contributed by atoms with Crippen molar-refractivity contribution < 1.29 is 22.7 Å². The molecular weight excluding hydrogens is 622 g/mol. The van der Waals surface area contributed by atoms with E-state index in [0.29, 0.717) is 35.8 Å². The molecule has 3 aliphatic rings. The lowest BCUT2D eigenvalue weighted by molar-refractivity contribution is -0.137. The van der Waals surface area contributed by atoms with Crippen molar-refractivity contribution in [3.63, 3.8) is 0 Å². The van der Waals surface area contributed by atoms with Crippen molar-refractivity contribution >= 4 is 39.4 Å². The number of rotatable bonds is 6. The molecule has 0 saturated carbocycles. The Balaban J connectivity index is 1.52. The average Bonchev–Trinajstić information content (AvgIpc) is 3.38. The van der Waals surface area contributed by atoms with Crippen molar-refractivity contribution in [1.82, 2.24) is 29.1 Å². The monoisotopic (exact) mass is 657 g/mol. The first-order valence-electron chi connectivity index (χ1n) is 15.4. The smallest absolute Gasteiger partial charge is 0.375 e. The number of aliphatic hydroxyl groups excluding tert-OH is 1. The Kier molecular flexibility index (Phi) is 7.69. The molecule has 4 atom stereocenters. The van der Waals surface area contributed by atoms with E-state index >= 15 is 13.2 Å². The third kappa shape index (κ3) is 4.92. The van der Waals surface area contributed by atoms with Crippen LogP contribution in [0.15, 0.2) is 46.7 Å². The summed E-state index contributed by atoms with van der Waals surface area (Å²) in [6.07, 6.45) is -1.85. The van der Waals surface area contributed by atoms with E-state index in [4.69, 9.17) is 0 Å². The molecule has 4 aromatic rings. The summed E-state index contributed by atoms with van der Waals surface area (Å²) in [5.41, 5.74) is -0.639. The second kappa shape index (κ2) is 11.4. The molecule has 14 heteroatoms. The number of aliphatic hydroxyl groups is 1. The maximum Gasteiger partial charge on any atom is 0.417 e. The second-order valence-corrected chi connectivity index (χ2v) is 13.6. The van der Waals surface area contributed by atoms with Crippen LogP contribution in [0.5, 0.6) is 0 Å². The molecule has 2 aromatic carbocycles. The number of aromatic nitrogens is 4. The largest absolute Gasteiger partial charge is 0.417 e. The zero-order valence-electron chi connectivity index (χ0n) is 25.8. The number of nitrogens with zero attached hydrogens (tertiary/aromatic N) is 7. The quantitative estimate of drug-likeness (QED) is 0.233. The van der Waals surface area contributed by atoms with Gasteiger partial charge in [-0.15, -0.1) is 11.8 Å². The predicted molar refractivity (Wildman–Crippen MR) is 171 cm³/mol. The lowest BCUT2D eigenvalue weighted by Gasteiger charge is -2.46. The first-order valence-corrected chi connectivity index (χ1v) is 16.4. The lowest BCUT2D eigenvalue weighted by atomic mass is 9.94. The van der Waals surface area contributed by atoms with Crippen molar-refractivity contribution in [2.45, 2.75) is 55.7 Å². The minimum Gasteiger partial charge on any atom is -0.375 e. The molecular formula is C32H35F4N7O2S. The van der Waals surface area contributed by atoms with Crippen LogP contribution in [0.4, 0.5) is 23.4 Å². The summed E-state index contributed by atoms with van der Waals surface area (Å²) in [6, 6.07) is 2.94. The minimum atomic E-state index is -4.78. The van der Waals surface area contributed by atoms with Gasteiger partial charge in [0, 0.05) is 65.9 Å².